The minimum Gasteiger partial charge on any atom is -0.311 e. The van der Waals surface area contributed by atoms with Crippen LogP contribution in [0.3, 0.4) is 0 Å². The summed E-state index contributed by atoms with van der Waals surface area (Å²) in [5, 5.41) is 5.78. The highest BCUT2D eigenvalue weighted by Crippen LogP contribution is 2.43. The molecule has 0 saturated carbocycles. The second kappa shape index (κ2) is 13.9. The van der Waals surface area contributed by atoms with E-state index in [1.165, 1.54) is 16.2 Å². The van der Waals surface area contributed by atoms with E-state index in [0.29, 0.717) is 0 Å². The molecule has 0 aliphatic heterocycles. The summed E-state index contributed by atoms with van der Waals surface area (Å²) < 4.78 is 0. The monoisotopic (exact) mass is 701 g/mol. The molecular weight excluding hydrogens is 667 g/mol. The van der Waals surface area contributed by atoms with Crippen molar-refractivity contribution in [2.75, 3.05) is 4.90 Å². The molecule has 0 amide bonds. The average molecular weight is 702 g/mol. The smallest absolute Gasteiger partial charge is 0.0788 e. The molecular formula is C52H35N3. The molecule has 258 valence electrons. The quantitative estimate of drug-likeness (QED) is 0.155. The van der Waals surface area contributed by atoms with Crippen LogP contribution in [0.4, 0.5) is 17.1 Å². The van der Waals surface area contributed by atoms with Crippen molar-refractivity contribution in [3.63, 3.8) is 0 Å². The Bertz CT molecular complexity index is 2850. The first kappa shape index (κ1) is 32.3. The van der Waals surface area contributed by atoms with E-state index in [9.17, 15) is 0 Å². The van der Waals surface area contributed by atoms with Gasteiger partial charge in [-0.1, -0.05) is 158 Å². The van der Waals surface area contributed by atoms with Crippen molar-refractivity contribution in [1.82, 2.24) is 9.97 Å². The molecule has 0 unspecified atom stereocenters. The Morgan fingerprint density at radius 1 is 0.327 bits per heavy atom. The normalized spacial score (nSPS) is 11.3. The number of rotatable bonds is 7. The lowest BCUT2D eigenvalue weighted by atomic mass is 9.91. The Labute approximate surface area is 320 Å². The highest BCUT2D eigenvalue weighted by atomic mass is 15.1. The molecule has 8 aromatic carbocycles. The molecule has 0 radical (unpaired) electrons. The van der Waals surface area contributed by atoms with Crippen molar-refractivity contribution in [2.45, 2.75) is 0 Å². The lowest BCUT2D eigenvalue weighted by Gasteiger charge is -2.25. The van der Waals surface area contributed by atoms with Gasteiger partial charge in [0.05, 0.1) is 22.6 Å². The van der Waals surface area contributed by atoms with E-state index in [0.717, 1.165) is 78.3 Å². The first-order valence-corrected chi connectivity index (χ1v) is 18.7. The summed E-state index contributed by atoms with van der Waals surface area (Å²) in [4.78, 5) is 13.1. The second-order valence-corrected chi connectivity index (χ2v) is 13.8. The van der Waals surface area contributed by atoms with Gasteiger partial charge in [-0.2, -0.15) is 0 Å². The highest BCUT2D eigenvalue weighted by Gasteiger charge is 2.19. The molecule has 0 saturated heterocycles. The van der Waals surface area contributed by atoms with E-state index < -0.39 is 0 Å². The van der Waals surface area contributed by atoms with Crippen LogP contribution in [0.25, 0.3) is 77.3 Å². The van der Waals surface area contributed by atoms with Crippen molar-refractivity contribution in [2.24, 2.45) is 0 Å². The molecule has 10 aromatic rings. The van der Waals surface area contributed by atoms with Gasteiger partial charge in [0.1, 0.15) is 0 Å². The number of pyridine rings is 2. The molecule has 0 spiro atoms. The zero-order valence-corrected chi connectivity index (χ0v) is 30.0. The number of hydrogen-bond acceptors (Lipinski definition) is 3. The third-order valence-electron chi connectivity index (χ3n) is 10.4. The van der Waals surface area contributed by atoms with Gasteiger partial charge in [-0.3, -0.25) is 0 Å². The van der Waals surface area contributed by atoms with Gasteiger partial charge in [0.2, 0.25) is 0 Å². The van der Waals surface area contributed by atoms with Crippen LogP contribution in [0.1, 0.15) is 0 Å². The van der Waals surface area contributed by atoms with Gasteiger partial charge >= 0.3 is 0 Å². The molecule has 3 heteroatoms. The third kappa shape index (κ3) is 5.98. The summed E-state index contributed by atoms with van der Waals surface area (Å²) in [5.74, 6) is 0. The Kier molecular flexibility index (Phi) is 8.16. The summed E-state index contributed by atoms with van der Waals surface area (Å²) >= 11 is 0. The number of benzene rings is 8. The lowest BCUT2D eigenvalue weighted by molar-refractivity contribution is 1.28. The van der Waals surface area contributed by atoms with Crippen LogP contribution in [-0.2, 0) is 0 Å². The summed E-state index contributed by atoms with van der Waals surface area (Å²) in [5.41, 5.74) is 12.5. The Hall–Kier alpha value is -7.36. The maximum atomic E-state index is 5.48. The van der Waals surface area contributed by atoms with Crippen LogP contribution in [-0.4, -0.2) is 9.97 Å². The maximum absolute atomic E-state index is 5.48. The number of aromatic nitrogens is 2. The second-order valence-electron chi connectivity index (χ2n) is 13.8. The van der Waals surface area contributed by atoms with Crippen LogP contribution in [0, 0.1) is 0 Å². The van der Waals surface area contributed by atoms with Crippen molar-refractivity contribution >= 4 is 49.5 Å². The summed E-state index contributed by atoms with van der Waals surface area (Å²) in [6.45, 7) is 0. The Morgan fingerprint density at radius 3 is 1.60 bits per heavy atom. The van der Waals surface area contributed by atoms with Gasteiger partial charge in [0.15, 0.2) is 0 Å². The van der Waals surface area contributed by atoms with Gasteiger partial charge in [-0.15, -0.1) is 0 Å². The summed E-state index contributed by atoms with van der Waals surface area (Å²) in [6.07, 6.45) is 0. The Morgan fingerprint density at radius 2 is 0.909 bits per heavy atom. The fourth-order valence-corrected chi connectivity index (χ4v) is 7.84. The molecule has 0 bridgehead atoms. The van der Waals surface area contributed by atoms with Gasteiger partial charge in [-0.05, 0) is 76.5 Å². The summed E-state index contributed by atoms with van der Waals surface area (Å²) in [6, 6.07) is 74.9. The SMILES string of the molecule is c1ccc(-c2cc(-c3ccccc3)nc(-c3cccc4nc(-c5ccc(N(c6ccccc6)c6ccccc6)cc5)c5ccc6ccccc6c5c34)c2)cc1. The van der Waals surface area contributed by atoms with E-state index in [2.05, 4.69) is 211 Å². The van der Waals surface area contributed by atoms with Crippen molar-refractivity contribution < 1.29 is 0 Å². The molecule has 10 rings (SSSR count). The first-order chi connectivity index (χ1) is 27.3. The zero-order valence-electron chi connectivity index (χ0n) is 30.0. The van der Waals surface area contributed by atoms with Crippen LogP contribution in [0.15, 0.2) is 212 Å². The molecule has 2 heterocycles. The van der Waals surface area contributed by atoms with Gasteiger partial charge in [0.25, 0.3) is 0 Å². The van der Waals surface area contributed by atoms with E-state index in [1.54, 1.807) is 0 Å². The lowest BCUT2D eigenvalue weighted by Crippen LogP contribution is -2.09. The number of nitrogens with zero attached hydrogens (tertiary/aromatic N) is 3. The largest absolute Gasteiger partial charge is 0.311 e. The van der Waals surface area contributed by atoms with Crippen LogP contribution in [0.2, 0.25) is 0 Å². The minimum absolute atomic E-state index is 0.917. The van der Waals surface area contributed by atoms with Crippen LogP contribution >= 0.6 is 0 Å². The predicted molar refractivity (Wildman–Crippen MR) is 231 cm³/mol. The molecule has 2 aromatic heterocycles. The molecule has 0 atom stereocenters. The molecule has 0 fully saturated rings. The van der Waals surface area contributed by atoms with E-state index in [4.69, 9.17) is 9.97 Å². The van der Waals surface area contributed by atoms with Crippen LogP contribution < -0.4 is 4.90 Å². The molecule has 55 heavy (non-hydrogen) atoms. The van der Waals surface area contributed by atoms with Crippen molar-refractivity contribution in [1.29, 1.82) is 0 Å². The van der Waals surface area contributed by atoms with Crippen molar-refractivity contribution in [3.8, 4) is 44.9 Å². The fourth-order valence-electron chi connectivity index (χ4n) is 7.84. The molecule has 3 nitrogen and oxygen atoms in total. The Balaban J connectivity index is 1.19. The maximum Gasteiger partial charge on any atom is 0.0788 e. The van der Waals surface area contributed by atoms with E-state index in [-0.39, 0.29) is 0 Å². The number of fused-ring (bicyclic) bond motifs is 5. The summed E-state index contributed by atoms with van der Waals surface area (Å²) in [7, 11) is 0. The fraction of sp³-hybridized carbons (Fsp3) is 0. The van der Waals surface area contributed by atoms with Crippen molar-refractivity contribution in [3.05, 3.63) is 212 Å². The van der Waals surface area contributed by atoms with Gasteiger partial charge < -0.3 is 4.90 Å². The number of anilines is 3. The number of hydrogen-bond donors (Lipinski definition) is 0. The van der Waals surface area contributed by atoms with Crippen LogP contribution in [0.5, 0.6) is 0 Å². The molecule has 0 aliphatic carbocycles. The predicted octanol–water partition coefficient (Wildman–Crippen LogP) is 14.1. The third-order valence-corrected chi connectivity index (χ3v) is 10.4. The number of para-hydroxylation sites is 2. The first-order valence-electron chi connectivity index (χ1n) is 18.7. The van der Waals surface area contributed by atoms with E-state index >= 15 is 0 Å². The molecule has 0 aliphatic rings. The minimum atomic E-state index is 0.917. The standard InChI is InChI=1S/C52H35N3/c1-5-16-36(17-6-1)40-34-48(38-19-7-2-8-20-38)53-49(35-40)45-26-15-27-47-51(45)50-44-25-14-13-18-37(44)30-33-46(50)52(54-47)39-28-31-43(32-29-39)55(41-21-9-3-10-22-41)42-23-11-4-12-24-42/h1-35H. The topological polar surface area (TPSA) is 29.0 Å². The average Bonchev–Trinajstić information content (AvgIpc) is 3.27. The van der Waals surface area contributed by atoms with E-state index in [1.807, 2.05) is 6.07 Å². The van der Waals surface area contributed by atoms with Gasteiger partial charge in [-0.25, -0.2) is 9.97 Å². The van der Waals surface area contributed by atoms with Gasteiger partial charge in [0, 0.05) is 49.9 Å². The zero-order chi connectivity index (χ0) is 36.6. The highest BCUT2D eigenvalue weighted by molar-refractivity contribution is 6.25. The molecule has 0 N–H and O–H groups in total.